The van der Waals surface area contributed by atoms with Crippen molar-refractivity contribution in [1.82, 2.24) is 0 Å². The molecule has 5 atom stereocenters. The van der Waals surface area contributed by atoms with Gasteiger partial charge >= 0.3 is 0 Å². The molecule has 1 aromatic heterocycles. The molecule has 6 N–H and O–H groups in total. The highest BCUT2D eigenvalue weighted by molar-refractivity contribution is 5.88. The number of hydrogen-bond acceptors (Lipinski definition) is 10. The summed E-state index contributed by atoms with van der Waals surface area (Å²) in [5, 5.41) is 60.3. The van der Waals surface area contributed by atoms with Crippen LogP contribution in [0.4, 0.5) is 0 Å². The standard InChI is InChI=1S/C22H22O10/c1-30-13-7-14-16(11(25)6-12(31-14)9-2-4-10(24)5-3-9)19(27)17(13)22-21(29)20(28)18(26)15(8-23)32-22/h2-7,15,18,20-24,26-29H,8H2,1H3/t15-,18-,20+,21-,22-/m0/s1. The highest BCUT2D eigenvalue weighted by Crippen LogP contribution is 2.45. The Morgan fingerprint density at radius 3 is 2.31 bits per heavy atom. The molecule has 32 heavy (non-hydrogen) atoms. The van der Waals surface area contributed by atoms with E-state index in [0.29, 0.717) is 5.56 Å². The SMILES string of the molecule is COc1cc2oc(-c3ccc(O)cc3)cc(=O)c2c(O)c1[C@@H]1O[C@@H](CO)[C@H](O)[C@@H](O)[C@@H]1O. The van der Waals surface area contributed by atoms with E-state index >= 15 is 0 Å². The maximum Gasteiger partial charge on any atom is 0.197 e. The number of ether oxygens (including phenoxy) is 2. The molecule has 0 spiro atoms. The summed E-state index contributed by atoms with van der Waals surface area (Å²) < 4.78 is 16.6. The molecule has 0 bridgehead atoms. The predicted molar refractivity (Wildman–Crippen MR) is 111 cm³/mol. The minimum absolute atomic E-state index is 0.00895. The minimum atomic E-state index is -1.69. The first-order valence-electron chi connectivity index (χ1n) is 9.74. The van der Waals surface area contributed by atoms with Gasteiger partial charge in [-0.05, 0) is 24.3 Å². The summed E-state index contributed by atoms with van der Waals surface area (Å²) >= 11 is 0. The number of rotatable bonds is 4. The van der Waals surface area contributed by atoms with Crippen LogP contribution in [0.1, 0.15) is 11.7 Å². The smallest absolute Gasteiger partial charge is 0.197 e. The molecular formula is C22H22O10. The summed E-state index contributed by atoms with van der Waals surface area (Å²) in [5.41, 5.74) is -0.233. The first-order chi connectivity index (χ1) is 15.3. The zero-order valence-electron chi connectivity index (χ0n) is 16.9. The van der Waals surface area contributed by atoms with Crippen LogP contribution >= 0.6 is 0 Å². The summed E-state index contributed by atoms with van der Waals surface area (Å²) in [6.45, 7) is -0.657. The number of methoxy groups -OCH3 is 1. The molecule has 0 unspecified atom stereocenters. The van der Waals surface area contributed by atoms with Gasteiger partial charge in [-0.1, -0.05) is 0 Å². The van der Waals surface area contributed by atoms with Crippen molar-refractivity contribution in [3.63, 3.8) is 0 Å². The van der Waals surface area contributed by atoms with Crippen LogP contribution < -0.4 is 10.2 Å². The average Bonchev–Trinajstić information content (AvgIpc) is 2.78. The highest BCUT2D eigenvalue weighted by atomic mass is 16.5. The lowest BCUT2D eigenvalue weighted by molar-refractivity contribution is -0.232. The molecular weight excluding hydrogens is 424 g/mol. The Labute approximate surface area is 181 Å². The van der Waals surface area contributed by atoms with Gasteiger partial charge in [-0.2, -0.15) is 0 Å². The van der Waals surface area contributed by atoms with Crippen LogP contribution in [0.5, 0.6) is 17.2 Å². The van der Waals surface area contributed by atoms with Crippen molar-refractivity contribution in [3.05, 3.63) is 52.2 Å². The number of fused-ring (bicyclic) bond motifs is 1. The highest BCUT2D eigenvalue weighted by Gasteiger charge is 2.46. The van der Waals surface area contributed by atoms with Crippen molar-refractivity contribution in [2.24, 2.45) is 0 Å². The molecule has 0 saturated carbocycles. The van der Waals surface area contributed by atoms with Gasteiger partial charge in [-0.25, -0.2) is 0 Å². The van der Waals surface area contributed by atoms with Crippen LogP contribution in [0.3, 0.4) is 0 Å². The second-order valence-corrected chi connectivity index (χ2v) is 7.49. The number of aliphatic hydroxyl groups is 4. The Morgan fingerprint density at radius 2 is 1.69 bits per heavy atom. The van der Waals surface area contributed by atoms with Gasteiger partial charge in [-0.15, -0.1) is 0 Å². The summed E-state index contributed by atoms with van der Waals surface area (Å²) in [6.07, 6.45) is -7.59. The topological polar surface area (TPSA) is 170 Å². The minimum Gasteiger partial charge on any atom is -0.508 e. The predicted octanol–water partition coefficient (Wildman–Crippen LogP) is 0.395. The van der Waals surface area contributed by atoms with E-state index in [-0.39, 0.29) is 33.8 Å². The van der Waals surface area contributed by atoms with E-state index in [1.807, 2.05) is 0 Å². The molecule has 170 valence electrons. The van der Waals surface area contributed by atoms with Gasteiger partial charge in [0.15, 0.2) is 5.43 Å². The van der Waals surface area contributed by atoms with Crippen LogP contribution in [0.15, 0.2) is 45.6 Å². The van der Waals surface area contributed by atoms with Crippen molar-refractivity contribution >= 4 is 11.0 Å². The third-order valence-corrected chi connectivity index (χ3v) is 5.54. The molecule has 1 aliphatic rings. The molecule has 1 fully saturated rings. The summed E-state index contributed by atoms with van der Waals surface area (Å²) in [7, 11) is 1.29. The van der Waals surface area contributed by atoms with Gasteiger partial charge < -0.3 is 44.5 Å². The number of hydrogen-bond donors (Lipinski definition) is 6. The second-order valence-electron chi connectivity index (χ2n) is 7.49. The molecule has 4 rings (SSSR count). The maximum absolute atomic E-state index is 12.9. The number of phenols is 2. The second kappa shape index (κ2) is 8.41. The Kier molecular flexibility index (Phi) is 5.80. The van der Waals surface area contributed by atoms with Crippen molar-refractivity contribution in [2.45, 2.75) is 30.5 Å². The fraction of sp³-hybridized carbons (Fsp3) is 0.318. The van der Waals surface area contributed by atoms with Crippen molar-refractivity contribution in [2.75, 3.05) is 13.7 Å². The van der Waals surface area contributed by atoms with Gasteiger partial charge in [0.1, 0.15) is 64.5 Å². The molecule has 2 aromatic carbocycles. The number of aromatic hydroxyl groups is 2. The van der Waals surface area contributed by atoms with E-state index in [0.717, 1.165) is 6.07 Å². The fourth-order valence-electron chi connectivity index (χ4n) is 3.85. The van der Waals surface area contributed by atoms with E-state index in [4.69, 9.17) is 13.9 Å². The molecule has 10 nitrogen and oxygen atoms in total. The van der Waals surface area contributed by atoms with Gasteiger partial charge in [0.25, 0.3) is 0 Å². The Bertz CT molecular complexity index is 1180. The third kappa shape index (κ3) is 3.57. The van der Waals surface area contributed by atoms with Crippen LogP contribution in [0, 0.1) is 0 Å². The lowest BCUT2D eigenvalue weighted by Gasteiger charge is -2.40. The van der Waals surface area contributed by atoms with Crippen molar-refractivity contribution < 1.29 is 44.5 Å². The van der Waals surface area contributed by atoms with E-state index in [9.17, 15) is 35.4 Å². The van der Waals surface area contributed by atoms with Gasteiger partial charge in [0, 0.05) is 17.7 Å². The number of phenolic OH excluding ortho intramolecular Hbond substituents is 2. The lowest BCUT2D eigenvalue weighted by atomic mass is 9.89. The monoisotopic (exact) mass is 446 g/mol. The molecule has 10 heteroatoms. The van der Waals surface area contributed by atoms with Gasteiger partial charge in [-0.3, -0.25) is 4.79 Å². The number of aliphatic hydroxyl groups excluding tert-OH is 4. The normalized spacial score (nSPS) is 25.7. The molecule has 3 aromatic rings. The maximum atomic E-state index is 12.9. The van der Waals surface area contributed by atoms with Crippen LogP contribution in [-0.2, 0) is 4.74 Å². The first kappa shape index (κ1) is 22.1. The Balaban J connectivity index is 1.89. The fourth-order valence-corrected chi connectivity index (χ4v) is 3.85. The summed E-state index contributed by atoms with van der Waals surface area (Å²) in [6, 6.07) is 8.46. The van der Waals surface area contributed by atoms with Gasteiger partial charge in [0.2, 0.25) is 0 Å². The summed E-state index contributed by atoms with van der Waals surface area (Å²) in [5.74, 6) is -0.370. The molecule has 1 aliphatic heterocycles. The molecule has 0 radical (unpaired) electrons. The van der Waals surface area contributed by atoms with Crippen LogP contribution in [-0.4, -0.2) is 68.8 Å². The number of benzene rings is 2. The summed E-state index contributed by atoms with van der Waals surface area (Å²) in [4.78, 5) is 12.9. The zero-order valence-corrected chi connectivity index (χ0v) is 16.9. The van der Waals surface area contributed by atoms with Crippen molar-refractivity contribution in [3.8, 4) is 28.6 Å². The van der Waals surface area contributed by atoms with E-state index < -0.39 is 48.3 Å². The molecule has 2 heterocycles. The zero-order chi connectivity index (χ0) is 23.2. The van der Waals surface area contributed by atoms with E-state index in [1.165, 1.54) is 25.3 Å². The molecule has 1 saturated heterocycles. The molecule has 0 amide bonds. The Hall–Kier alpha value is -3.15. The Morgan fingerprint density at radius 1 is 1.00 bits per heavy atom. The van der Waals surface area contributed by atoms with Crippen LogP contribution in [0.2, 0.25) is 0 Å². The van der Waals surface area contributed by atoms with Crippen molar-refractivity contribution in [1.29, 1.82) is 0 Å². The lowest BCUT2D eigenvalue weighted by Crippen LogP contribution is -2.55. The largest absolute Gasteiger partial charge is 0.508 e. The molecule has 0 aliphatic carbocycles. The van der Waals surface area contributed by atoms with Gasteiger partial charge in [0.05, 0.1) is 19.3 Å². The van der Waals surface area contributed by atoms with E-state index in [2.05, 4.69) is 0 Å². The average molecular weight is 446 g/mol. The third-order valence-electron chi connectivity index (χ3n) is 5.54. The van der Waals surface area contributed by atoms with E-state index in [1.54, 1.807) is 12.1 Å². The van der Waals surface area contributed by atoms with Crippen LogP contribution in [0.25, 0.3) is 22.3 Å². The first-order valence-corrected chi connectivity index (χ1v) is 9.74. The quantitative estimate of drug-likeness (QED) is 0.330.